The second-order valence-corrected chi connectivity index (χ2v) is 8.31. The summed E-state index contributed by atoms with van der Waals surface area (Å²) in [5, 5.41) is 3.20. The molecule has 0 aliphatic carbocycles. The number of benzene rings is 1. The van der Waals surface area contributed by atoms with Crippen LogP contribution in [0, 0.1) is 0 Å². The number of nitrogens with one attached hydrogen (secondary N) is 1. The fourth-order valence-corrected chi connectivity index (χ4v) is 4.97. The van der Waals surface area contributed by atoms with Crippen molar-refractivity contribution >= 4 is 21.4 Å². The van der Waals surface area contributed by atoms with E-state index in [1.165, 1.54) is 5.56 Å². The zero-order valence-electron chi connectivity index (χ0n) is 12.6. The SMILES string of the molecule is O=C(CCNC1CCS(=O)(=O)C1)N1CCCc2ccccc21. The summed E-state index contributed by atoms with van der Waals surface area (Å²) < 4.78 is 22.8. The molecule has 120 valence electrons. The standard InChI is InChI=1S/C16H22N2O3S/c19-16(7-9-17-14-8-11-22(20,21)12-14)18-10-3-5-13-4-1-2-6-15(13)18/h1-2,4,6,14,17H,3,5,7-12H2. The summed E-state index contributed by atoms with van der Waals surface area (Å²) in [4.78, 5) is 14.3. The minimum absolute atomic E-state index is 0.00596. The van der Waals surface area contributed by atoms with Crippen molar-refractivity contribution in [2.45, 2.75) is 31.7 Å². The molecule has 0 spiro atoms. The molecule has 0 saturated carbocycles. The molecule has 5 nitrogen and oxygen atoms in total. The van der Waals surface area contributed by atoms with Gasteiger partial charge < -0.3 is 10.2 Å². The van der Waals surface area contributed by atoms with Gasteiger partial charge in [-0.25, -0.2) is 8.42 Å². The summed E-state index contributed by atoms with van der Waals surface area (Å²) in [6, 6.07) is 8.06. The van der Waals surface area contributed by atoms with E-state index in [9.17, 15) is 13.2 Å². The predicted octanol–water partition coefficient (Wildman–Crippen LogP) is 1.13. The Bertz CT molecular complexity index is 657. The molecule has 1 unspecified atom stereocenters. The molecule has 0 bridgehead atoms. The molecule has 2 aliphatic heterocycles. The van der Waals surface area contributed by atoms with Gasteiger partial charge in [-0.05, 0) is 30.9 Å². The maximum absolute atomic E-state index is 12.4. The fourth-order valence-electron chi connectivity index (χ4n) is 3.27. The van der Waals surface area contributed by atoms with E-state index in [2.05, 4.69) is 11.4 Å². The van der Waals surface area contributed by atoms with Crippen LogP contribution in [0.1, 0.15) is 24.8 Å². The van der Waals surface area contributed by atoms with Crippen LogP contribution < -0.4 is 10.2 Å². The number of anilines is 1. The highest BCUT2D eigenvalue weighted by Gasteiger charge is 2.28. The van der Waals surface area contributed by atoms with Crippen LogP contribution in [0.5, 0.6) is 0 Å². The Morgan fingerprint density at radius 1 is 1.32 bits per heavy atom. The molecule has 22 heavy (non-hydrogen) atoms. The van der Waals surface area contributed by atoms with Crippen molar-refractivity contribution in [1.82, 2.24) is 5.32 Å². The first-order chi connectivity index (χ1) is 10.6. The lowest BCUT2D eigenvalue weighted by atomic mass is 10.0. The van der Waals surface area contributed by atoms with Crippen LogP contribution in [-0.2, 0) is 21.1 Å². The molecular formula is C16H22N2O3S. The van der Waals surface area contributed by atoms with Gasteiger partial charge in [0.05, 0.1) is 11.5 Å². The van der Waals surface area contributed by atoms with Gasteiger partial charge in [-0.1, -0.05) is 18.2 Å². The minimum atomic E-state index is -2.86. The van der Waals surface area contributed by atoms with Gasteiger partial charge in [-0.15, -0.1) is 0 Å². The van der Waals surface area contributed by atoms with Crippen molar-refractivity contribution in [3.63, 3.8) is 0 Å². The molecule has 1 amide bonds. The number of nitrogens with zero attached hydrogens (tertiary/aromatic N) is 1. The van der Waals surface area contributed by atoms with Crippen LogP contribution in [0.2, 0.25) is 0 Å². The molecule has 2 aliphatic rings. The first-order valence-corrected chi connectivity index (χ1v) is 9.69. The van der Waals surface area contributed by atoms with Gasteiger partial charge in [0.15, 0.2) is 9.84 Å². The number of carbonyl (C=O) groups excluding carboxylic acids is 1. The Hall–Kier alpha value is -1.40. The third-order valence-electron chi connectivity index (χ3n) is 4.42. The van der Waals surface area contributed by atoms with Crippen molar-refractivity contribution in [2.75, 3.05) is 29.5 Å². The largest absolute Gasteiger partial charge is 0.312 e. The first kappa shape index (κ1) is 15.5. The topological polar surface area (TPSA) is 66.5 Å². The highest BCUT2D eigenvalue weighted by atomic mass is 32.2. The van der Waals surface area contributed by atoms with Gasteiger partial charge >= 0.3 is 0 Å². The third kappa shape index (κ3) is 3.50. The molecular weight excluding hydrogens is 300 g/mol. The lowest BCUT2D eigenvalue weighted by molar-refractivity contribution is -0.118. The second kappa shape index (κ2) is 6.38. The Labute approximate surface area is 131 Å². The van der Waals surface area contributed by atoms with Crippen molar-refractivity contribution in [3.05, 3.63) is 29.8 Å². The fraction of sp³-hybridized carbons (Fsp3) is 0.562. The normalized spacial score (nSPS) is 23.3. The molecule has 1 aromatic rings. The van der Waals surface area contributed by atoms with Gasteiger partial charge in [0.2, 0.25) is 5.91 Å². The van der Waals surface area contributed by atoms with Crippen LogP contribution in [0.15, 0.2) is 24.3 Å². The first-order valence-electron chi connectivity index (χ1n) is 7.87. The summed E-state index contributed by atoms with van der Waals surface area (Å²) >= 11 is 0. The summed E-state index contributed by atoms with van der Waals surface area (Å²) in [7, 11) is -2.86. The van der Waals surface area contributed by atoms with E-state index in [-0.39, 0.29) is 23.5 Å². The molecule has 2 heterocycles. The van der Waals surface area contributed by atoms with Crippen LogP contribution in [0.3, 0.4) is 0 Å². The van der Waals surface area contributed by atoms with E-state index in [1.807, 2.05) is 23.1 Å². The third-order valence-corrected chi connectivity index (χ3v) is 6.18. The quantitative estimate of drug-likeness (QED) is 0.902. The Morgan fingerprint density at radius 2 is 2.14 bits per heavy atom. The Balaban J connectivity index is 1.53. The average Bonchev–Trinajstić information content (AvgIpc) is 2.85. The number of carbonyl (C=O) groups is 1. The van der Waals surface area contributed by atoms with Crippen molar-refractivity contribution < 1.29 is 13.2 Å². The molecule has 1 aromatic carbocycles. The van der Waals surface area contributed by atoms with Crippen molar-refractivity contribution in [1.29, 1.82) is 0 Å². The number of hydrogen-bond donors (Lipinski definition) is 1. The lowest BCUT2D eigenvalue weighted by Crippen LogP contribution is -2.38. The molecule has 1 N–H and O–H groups in total. The van der Waals surface area contributed by atoms with E-state index in [0.717, 1.165) is 25.1 Å². The highest BCUT2D eigenvalue weighted by Crippen LogP contribution is 2.27. The van der Waals surface area contributed by atoms with Crippen molar-refractivity contribution in [2.24, 2.45) is 0 Å². The van der Waals surface area contributed by atoms with Gasteiger partial charge in [0.1, 0.15) is 0 Å². The van der Waals surface area contributed by atoms with Crippen LogP contribution in [-0.4, -0.2) is 45.0 Å². The summed E-state index contributed by atoms with van der Waals surface area (Å²) in [6.45, 7) is 1.31. The number of rotatable bonds is 4. The molecule has 1 atom stereocenters. The maximum Gasteiger partial charge on any atom is 0.228 e. The van der Waals surface area contributed by atoms with Crippen molar-refractivity contribution in [3.8, 4) is 0 Å². The number of para-hydroxylation sites is 1. The number of sulfone groups is 1. The van der Waals surface area contributed by atoms with Gasteiger partial charge in [0.25, 0.3) is 0 Å². The molecule has 6 heteroatoms. The predicted molar refractivity (Wildman–Crippen MR) is 86.8 cm³/mol. The lowest BCUT2D eigenvalue weighted by Gasteiger charge is -2.29. The summed E-state index contributed by atoms with van der Waals surface area (Å²) in [6.07, 6.45) is 3.09. The summed E-state index contributed by atoms with van der Waals surface area (Å²) in [5.74, 6) is 0.576. The van der Waals surface area contributed by atoms with E-state index in [0.29, 0.717) is 19.4 Å². The number of aryl methyl sites for hydroxylation is 1. The molecule has 1 saturated heterocycles. The highest BCUT2D eigenvalue weighted by molar-refractivity contribution is 7.91. The maximum atomic E-state index is 12.4. The Morgan fingerprint density at radius 3 is 2.91 bits per heavy atom. The minimum Gasteiger partial charge on any atom is -0.312 e. The molecule has 3 rings (SSSR count). The van der Waals surface area contributed by atoms with Gasteiger partial charge in [0, 0.05) is 31.2 Å². The molecule has 0 aromatic heterocycles. The van der Waals surface area contributed by atoms with Crippen LogP contribution in [0.25, 0.3) is 0 Å². The zero-order chi connectivity index (χ0) is 15.6. The van der Waals surface area contributed by atoms with E-state index in [4.69, 9.17) is 0 Å². The molecule has 1 fully saturated rings. The van der Waals surface area contributed by atoms with Crippen LogP contribution >= 0.6 is 0 Å². The Kier molecular flexibility index (Phi) is 4.49. The number of amides is 1. The average molecular weight is 322 g/mol. The number of fused-ring (bicyclic) bond motifs is 1. The van der Waals surface area contributed by atoms with Gasteiger partial charge in [-0.2, -0.15) is 0 Å². The zero-order valence-corrected chi connectivity index (χ0v) is 13.4. The smallest absolute Gasteiger partial charge is 0.228 e. The van der Waals surface area contributed by atoms with E-state index >= 15 is 0 Å². The van der Waals surface area contributed by atoms with Gasteiger partial charge in [-0.3, -0.25) is 4.79 Å². The van der Waals surface area contributed by atoms with E-state index in [1.54, 1.807) is 0 Å². The summed E-state index contributed by atoms with van der Waals surface area (Å²) in [5.41, 5.74) is 2.26. The molecule has 0 radical (unpaired) electrons. The second-order valence-electron chi connectivity index (χ2n) is 6.08. The number of hydrogen-bond acceptors (Lipinski definition) is 4. The van der Waals surface area contributed by atoms with E-state index < -0.39 is 9.84 Å². The monoisotopic (exact) mass is 322 g/mol. The van der Waals surface area contributed by atoms with Crippen LogP contribution in [0.4, 0.5) is 5.69 Å².